The lowest BCUT2D eigenvalue weighted by Crippen LogP contribution is -2.46. The summed E-state index contributed by atoms with van der Waals surface area (Å²) in [5, 5.41) is 14.8. The van der Waals surface area contributed by atoms with Gasteiger partial charge in [-0.15, -0.1) is 0 Å². The molecule has 0 amide bonds. The van der Waals surface area contributed by atoms with E-state index in [4.69, 9.17) is 16.9 Å². The van der Waals surface area contributed by atoms with Gasteiger partial charge < -0.3 is 37.3 Å². The maximum absolute atomic E-state index is 8.02. The van der Waals surface area contributed by atoms with Crippen molar-refractivity contribution in [3.63, 3.8) is 0 Å². The van der Waals surface area contributed by atoms with E-state index < -0.39 is 0 Å². The van der Waals surface area contributed by atoms with E-state index in [0.29, 0.717) is 5.82 Å². The van der Waals surface area contributed by atoms with Gasteiger partial charge in [-0.3, -0.25) is 14.9 Å². The first kappa shape index (κ1) is 29.9. The third kappa shape index (κ3) is 8.00. The van der Waals surface area contributed by atoms with Crippen LogP contribution in [0.25, 0.3) is 11.6 Å². The molecule has 0 saturated carbocycles. The molecule has 1 aromatic rings. The van der Waals surface area contributed by atoms with Crippen LogP contribution in [0.4, 0.5) is 5.69 Å². The molecule has 0 aromatic carbocycles. The van der Waals surface area contributed by atoms with Gasteiger partial charge in [0.15, 0.2) is 0 Å². The van der Waals surface area contributed by atoms with Crippen LogP contribution in [0.3, 0.4) is 0 Å². The number of rotatable bonds is 12. The van der Waals surface area contributed by atoms with Gasteiger partial charge in [0.05, 0.1) is 17.2 Å². The Bertz CT molecular complexity index is 1230. The molecule has 0 aliphatic carbocycles. The summed E-state index contributed by atoms with van der Waals surface area (Å²) in [6, 6.07) is 2.07. The van der Waals surface area contributed by atoms with Crippen molar-refractivity contribution in [3.8, 4) is 0 Å². The number of hydrogen-bond donors (Lipinski definition) is 5. The van der Waals surface area contributed by atoms with Crippen molar-refractivity contribution in [1.29, 1.82) is 5.41 Å². The summed E-state index contributed by atoms with van der Waals surface area (Å²) >= 11 is 0. The first-order valence-corrected chi connectivity index (χ1v) is 14.6. The lowest BCUT2D eigenvalue weighted by Gasteiger charge is -2.37. The molecule has 1 atom stereocenters. The molecule has 3 aliphatic rings. The second-order valence-corrected chi connectivity index (χ2v) is 11.0. The van der Waals surface area contributed by atoms with Crippen LogP contribution in [0.2, 0.25) is 0 Å². The Hall–Kier alpha value is -4.05. The van der Waals surface area contributed by atoms with Crippen molar-refractivity contribution < 1.29 is 0 Å². The number of piperazine rings is 1. The number of pyridine rings is 1. The van der Waals surface area contributed by atoms with Crippen molar-refractivity contribution in [2.24, 2.45) is 22.4 Å². The Labute approximate surface area is 244 Å². The Morgan fingerprint density at radius 2 is 2.05 bits per heavy atom. The largest absolute Gasteiger partial charge is 0.404 e. The highest BCUT2D eigenvalue weighted by Crippen LogP contribution is 2.28. The fourth-order valence-electron chi connectivity index (χ4n) is 5.23. The van der Waals surface area contributed by atoms with E-state index in [1.165, 1.54) is 11.9 Å². The number of nitrogens with two attached hydrogens (primary N) is 2. The summed E-state index contributed by atoms with van der Waals surface area (Å²) in [5.74, 6) is 0.829. The van der Waals surface area contributed by atoms with E-state index in [0.717, 1.165) is 86.7 Å². The third-order valence-electron chi connectivity index (χ3n) is 7.82. The van der Waals surface area contributed by atoms with Gasteiger partial charge in [-0.05, 0) is 61.0 Å². The van der Waals surface area contributed by atoms with Crippen LogP contribution < -0.4 is 27.0 Å². The molecule has 0 bridgehead atoms. The van der Waals surface area contributed by atoms with Gasteiger partial charge in [-0.2, -0.15) is 0 Å². The number of hydrogen-bond acceptors (Lipinski definition) is 10. The second-order valence-electron chi connectivity index (χ2n) is 11.0. The lowest BCUT2D eigenvalue weighted by molar-refractivity contribution is 0.155. The van der Waals surface area contributed by atoms with Crippen LogP contribution in [0, 0.1) is 11.3 Å². The SMILES string of the molecule is CC(C)C(=C/N)/C=C(\N)NC1C=Cc2ncc(/C(C=N)=C/NCCCN3CCN(C4=CC=NCC4)CC3)cc2N1C. The van der Waals surface area contributed by atoms with Crippen molar-refractivity contribution in [3.05, 3.63) is 71.2 Å². The molecule has 1 saturated heterocycles. The highest BCUT2D eigenvalue weighted by molar-refractivity contribution is 6.08. The van der Waals surface area contributed by atoms with Crippen LogP contribution in [-0.4, -0.2) is 86.2 Å². The third-order valence-corrected chi connectivity index (χ3v) is 7.82. The lowest BCUT2D eigenvalue weighted by atomic mass is 10.0. The van der Waals surface area contributed by atoms with Gasteiger partial charge in [0, 0.05) is 94.4 Å². The van der Waals surface area contributed by atoms with Crippen LogP contribution in [0.1, 0.15) is 37.9 Å². The van der Waals surface area contributed by atoms with Crippen LogP contribution in [0.5, 0.6) is 0 Å². The van der Waals surface area contributed by atoms with Gasteiger partial charge in [-0.1, -0.05) is 13.8 Å². The smallest absolute Gasteiger partial charge is 0.120 e. The molecule has 10 nitrogen and oxygen atoms in total. The molecule has 7 N–H and O–H groups in total. The summed E-state index contributed by atoms with van der Waals surface area (Å²) in [6.45, 7) is 11.4. The zero-order chi connectivity index (χ0) is 29.2. The number of fused-ring (bicyclic) bond motifs is 1. The van der Waals surface area contributed by atoms with Crippen LogP contribution in [-0.2, 0) is 0 Å². The maximum Gasteiger partial charge on any atom is 0.120 e. The van der Waals surface area contributed by atoms with Crippen molar-refractivity contribution in [2.75, 3.05) is 57.8 Å². The summed E-state index contributed by atoms with van der Waals surface area (Å²) < 4.78 is 0. The molecule has 220 valence electrons. The molecule has 4 heterocycles. The minimum absolute atomic E-state index is 0.136. The highest BCUT2D eigenvalue weighted by Gasteiger charge is 2.21. The molecule has 3 aliphatic heterocycles. The number of dihydropyridines is 1. The topological polar surface area (TPSA) is 135 Å². The molecule has 0 spiro atoms. The van der Waals surface area contributed by atoms with E-state index in [1.807, 2.05) is 43.9 Å². The Morgan fingerprint density at radius 3 is 2.73 bits per heavy atom. The van der Waals surface area contributed by atoms with Gasteiger partial charge in [0.1, 0.15) is 6.17 Å². The molecule has 0 radical (unpaired) electrons. The van der Waals surface area contributed by atoms with Crippen molar-refractivity contribution in [1.82, 2.24) is 25.4 Å². The average Bonchev–Trinajstić information content (AvgIpc) is 2.99. The quantitative estimate of drug-likeness (QED) is 0.150. The predicted octanol–water partition coefficient (Wildman–Crippen LogP) is 2.71. The summed E-state index contributed by atoms with van der Waals surface area (Å²) in [5.41, 5.74) is 18.0. The highest BCUT2D eigenvalue weighted by atomic mass is 15.3. The number of nitrogens with zero attached hydrogens (tertiary/aromatic N) is 5. The predicted molar refractivity (Wildman–Crippen MR) is 171 cm³/mol. The molecule has 4 rings (SSSR count). The number of aromatic nitrogens is 1. The van der Waals surface area contributed by atoms with Crippen molar-refractivity contribution in [2.45, 2.75) is 32.9 Å². The van der Waals surface area contributed by atoms with Gasteiger partial charge in [0.2, 0.25) is 0 Å². The van der Waals surface area contributed by atoms with E-state index >= 15 is 0 Å². The molecule has 41 heavy (non-hydrogen) atoms. The Morgan fingerprint density at radius 1 is 1.24 bits per heavy atom. The first-order valence-electron chi connectivity index (χ1n) is 14.6. The summed E-state index contributed by atoms with van der Waals surface area (Å²) in [6.07, 6.45) is 18.7. The summed E-state index contributed by atoms with van der Waals surface area (Å²) in [7, 11) is 2.01. The number of likely N-dealkylation sites (N-methyl/N-ethyl adjacent to an activating group) is 1. The van der Waals surface area contributed by atoms with E-state index in [9.17, 15) is 0 Å². The Kier molecular flexibility index (Phi) is 10.6. The zero-order valence-corrected chi connectivity index (χ0v) is 24.7. The van der Waals surface area contributed by atoms with E-state index in [2.05, 4.69) is 61.3 Å². The van der Waals surface area contributed by atoms with Gasteiger partial charge in [0.25, 0.3) is 0 Å². The normalized spacial score (nSPS) is 20.2. The van der Waals surface area contributed by atoms with Crippen LogP contribution in [0.15, 0.2) is 65.0 Å². The number of allylic oxidation sites excluding steroid dienone is 4. The number of anilines is 1. The number of nitrogens with one attached hydrogen (secondary N) is 3. The van der Waals surface area contributed by atoms with Gasteiger partial charge in [-0.25, -0.2) is 0 Å². The standard InChI is InChI=1S/C31H46N10/c1-23(2)24(19-32)18-30(34)38-31-6-5-28-29(39(31)3)17-25(22-37-28)26(20-33)21-36-9-4-12-40-13-15-41(16-14-40)27-7-10-35-11-8-27/h5-7,10,17-23,31,33,36,38H,4,8-9,11-16,32,34H2,1-3H3/b24-19+,26-21+,30-18+,33-20?. The molecule has 1 fully saturated rings. The van der Waals surface area contributed by atoms with Crippen LogP contribution >= 0.6 is 0 Å². The first-order chi connectivity index (χ1) is 19.9. The molecule has 1 unspecified atom stereocenters. The van der Waals surface area contributed by atoms with Crippen molar-refractivity contribution >= 4 is 29.8 Å². The zero-order valence-electron chi connectivity index (χ0n) is 24.7. The Balaban J connectivity index is 1.28. The molecule has 10 heteroatoms. The minimum atomic E-state index is -0.136. The van der Waals surface area contributed by atoms with E-state index in [-0.39, 0.29) is 12.1 Å². The monoisotopic (exact) mass is 558 g/mol. The average molecular weight is 559 g/mol. The molecule has 1 aromatic heterocycles. The fraction of sp³-hybridized carbons (Fsp3) is 0.452. The maximum atomic E-state index is 8.02. The number of aliphatic imine (C=N–C) groups is 1. The molecular weight excluding hydrogens is 512 g/mol. The van der Waals surface area contributed by atoms with Gasteiger partial charge >= 0.3 is 0 Å². The van der Waals surface area contributed by atoms with E-state index in [1.54, 1.807) is 6.20 Å². The summed E-state index contributed by atoms with van der Waals surface area (Å²) in [4.78, 5) is 16.1. The fourth-order valence-corrected chi connectivity index (χ4v) is 5.23. The molecular formula is C31H46N10. The minimum Gasteiger partial charge on any atom is -0.404 e. The second kappa shape index (κ2) is 14.5.